The quantitative estimate of drug-likeness (QED) is 0.275. The molecule has 0 radical (unpaired) electrons. The number of unbranched alkanes of at least 4 members (excludes halogenated alkanes) is 2. The van der Waals surface area contributed by atoms with Gasteiger partial charge in [0, 0.05) is 30.1 Å². The Morgan fingerprint density at radius 1 is 0.676 bits per heavy atom. The molecule has 0 saturated carbocycles. The zero-order chi connectivity index (χ0) is 23.8. The number of aromatic nitrogens is 1. The minimum absolute atomic E-state index is 0.203. The van der Waals surface area contributed by atoms with Gasteiger partial charge in [0.15, 0.2) is 0 Å². The van der Waals surface area contributed by atoms with Crippen molar-refractivity contribution in [2.75, 3.05) is 6.54 Å². The van der Waals surface area contributed by atoms with Crippen molar-refractivity contribution in [2.45, 2.75) is 25.7 Å². The van der Waals surface area contributed by atoms with E-state index in [1.807, 2.05) is 66.7 Å². The lowest BCUT2D eigenvalue weighted by atomic mass is 10.0. The smallest absolute Gasteiger partial charge is 0.270 e. The third-order valence-electron chi connectivity index (χ3n) is 5.60. The molecular weight excluding hydrogens is 428 g/mol. The van der Waals surface area contributed by atoms with E-state index >= 15 is 0 Å². The Morgan fingerprint density at radius 3 is 2.21 bits per heavy atom. The normalized spacial score (nSPS) is 10.7. The van der Waals surface area contributed by atoms with Gasteiger partial charge in [-0.15, -0.1) is 0 Å². The summed E-state index contributed by atoms with van der Waals surface area (Å²) >= 11 is 0. The molecule has 3 N–H and O–H groups in total. The van der Waals surface area contributed by atoms with Crippen LogP contribution in [0.3, 0.4) is 0 Å². The largest absolute Gasteiger partial charge is 0.351 e. The van der Waals surface area contributed by atoms with Crippen LogP contribution in [0.4, 0.5) is 0 Å². The van der Waals surface area contributed by atoms with Crippen molar-refractivity contribution >= 4 is 39.3 Å². The molecule has 7 nitrogen and oxygen atoms in total. The second-order valence-corrected chi connectivity index (χ2v) is 7.98. The average Bonchev–Trinajstić information content (AvgIpc) is 2.88. The van der Waals surface area contributed by atoms with Gasteiger partial charge in [0.2, 0.25) is 5.91 Å². The monoisotopic (exact) mass is 454 g/mol. The fraction of sp³-hybridized carbons (Fsp3) is 0.185. The number of amides is 3. The van der Waals surface area contributed by atoms with Gasteiger partial charge in [-0.2, -0.15) is 0 Å². The number of pyridine rings is 1. The highest BCUT2D eigenvalue weighted by molar-refractivity contribution is 6.07. The molecule has 0 bridgehead atoms. The summed E-state index contributed by atoms with van der Waals surface area (Å²) in [5, 5.41) is 6.48. The second-order valence-electron chi connectivity index (χ2n) is 7.98. The van der Waals surface area contributed by atoms with Gasteiger partial charge in [0.25, 0.3) is 11.8 Å². The molecule has 0 unspecified atom stereocenters. The van der Waals surface area contributed by atoms with Gasteiger partial charge in [-0.05, 0) is 41.1 Å². The summed E-state index contributed by atoms with van der Waals surface area (Å²) in [6, 6.07) is 22.6. The van der Waals surface area contributed by atoms with Crippen molar-refractivity contribution in [2.24, 2.45) is 0 Å². The molecule has 4 aromatic rings. The van der Waals surface area contributed by atoms with Crippen LogP contribution in [0.2, 0.25) is 0 Å². The van der Waals surface area contributed by atoms with Gasteiger partial charge in [0.1, 0.15) is 5.69 Å². The fourth-order valence-corrected chi connectivity index (χ4v) is 3.85. The molecule has 0 spiro atoms. The van der Waals surface area contributed by atoms with E-state index in [1.54, 1.807) is 12.3 Å². The van der Waals surface area contributed by atoms with E-state index < -0.39 is 0 Å². The molecule has 0 atom stereocenters. The van der Waals surface area contributed by atoms with Crippen molar-refractivity contribution in [1.29, 1.82) is 0 Å². The van der Waals surface area contributed by atoms with E-state index in [-0.39, 0.29) is 24.1 Å². The van der Waals surface area contributed by atoms with Crippen LogP contribution in [0.25, 0.3) is 21.5 Å². The van der Waals surface area contributed by atoms with Crippen LogP contribution in [0.1, 0.15) is 46.5 Å². The Hall–Kier alpha value is -4.26. The maximum absolute atomic E-state index is 12.5. The third kappa shape index (κ3) is 5.56. The average molecular weight is 455 g/mol. The molecular formula is C27H26N4O3. The standard InChI is InChI=1S/C27H26N4O3/c32-24(30-31-26(33)23-14-8-11-19-9-3-5-12-21(19)23)15-2-1-7-17-29-27(34)25-22-13-6-4-10-20(22)16-18-28-25/h3-6,8-14,16,18H,1-2,7,15,17H2,(H,29,34)(H,30,32)(H,31,33). The van der Waals surface area contributed by atoms with Crippen LogP contribution in [-0.4, -0.2) is 29.3 Å². The van der Waals surface area contributed by atoms with Crippen molar-refractivity contribution in [1.82, 2.24) is 21.2 Å². The van der Waals surface area contributed by atoms with E-state index in [4.69, 9.17) is 0 Å². The van der Waals surface area contributed by atoms with Crippen LogP contribution in [-0.2, 0) is 4.79 Å². The molecule has 34 heavy (non-hydrogen) atoms. The third-order valence-corrected chi connectivity index (χ3v) is 5.60. The number of hydrogen-bond acceptors (Lipinski definition) is 4. The number of nitrogens with zero attached hydrogens (tertiary/aromatic N) is 1. The summed E-state index contributed by atoms with van der Waals surface area (Å²) in [4.78, 5) is 41.2. The lowest BCUT2D eigenvalue weighted by Gasteiger charge is -2.10. The highest BCUT2D eigenvalue weighted by Crippen LogP contribution is 2.18. The zero-order valence-electron chi connectivity index (χ0n) is 18.7. The van der Waals surface area contributed by atoms with Crippen LogP contribution in [0.5, 0.6) is 0 Å². The molecule has 0 fully saturated rings. The highest BCUT2D eigenvalue weighted by atomic mass is 16.2. The van der Waals surface area contributed by atoms with Gasteiger partial charge in [-0.25, -0.2) is 0 Å². The molecule has 1 aromatic heterocycles. The summed E-state index contributed by atoms with van der Waals surface area (Å²) in [6.45, 7) is 0.503. The SMILES string of the molecule is O=C(CCCCCNC(=O)c1nccc2ccccc12)NNC(=O)c1cccc2ccccc12. The second kappa shape index (κ2) is 11.0. The molecule has 7 heteroatoms. The van der Waals surface area contributed by atoms with E-state index in [1.165, 1.54) is 0 Å². The van der Waals surface area contributed by atoms with Gasteiger partial charge in [-0.3, -0.25) is 30.2 Å². The van der Waals surface area contributed by atoms with E-state index in [2.05, 4.69) is 21.2 Å². The molecule has 0 aliphatic carbocycles. The Morgan fingerprint density at radius 2 is 1.38 bits per heavy atom. The number of benzene rings is 3. The fourth-order valence-electron chi connectivity index (χ4n) is 3.85. The number of fused-ring (bicyclic) bond motifs is 2. The maximum Gasteiger partial charge on any atom is 0.270 e. The minimum Gasteiger partial charge on any atom is -0.351 e. The molecule has 0 aliphatic heterocycles. The lowest BCUT2D eigenvalue weighted by Crippen LogP contribution is -2.41. The Kier molecular flexibility index (Phi) is 7.45. The number of rotatable bonds is 8. The molecule has 0 aliphatic rings. The zero-order valence-corrected chi connectivity index (χ0v) is 18.7. The Bertz CT molecular complexity index is 1330. The predicted octanol–water partition coefficient (Wildman–Crippen LogP) is 4.14. The van der Waals surface area contributed by atoms with Crippen molar-refractivity contribution in [3.05, 3.63) is 90.3 Å². The molecule has 1 heterocycles. The first-order valence-corrected chi connectivity index (χ1v) is 11.3. The van der Waals surface area contributed by atoms with Crippen LogP contribution in [0.15, 0.2) is 79.0 Å². The topological polar surface area (TPSA) is 100 Å². The number of hydrazine groups is 1. The van der Waals surface area contributed by atoms with Gasteiger partial charge in [-0.1, -0.05) is 67.1 Å². The van der Waals surface area contributed by atoms with Gasteiger partial charge in [0.05, 0.1) is 0 Å². The number of carbonyl (C=O) groups excluding carboxylic acids is 3. The highest BCUT2D eigenvalue weighted by Gasteiger charge is 2.12. The molecule has 0 saturated heterocycles. The van der Waals surface area contributed by atoms with Crippen LogP contribution < -0.4 is 16.2 Å². The first-order chi connectivity index (χ1) is 16.6. The molecule has 3 amide bonds. The number of carbonyl (C=O) groups is 3. The van der Waals surface area contributed by atoms with Gasteiger partial charge >= 0.3 is 0 Å². The molecule has 172 valence electrons. The Labute approximate surface area is 197 Å². The number of nitrogens with one attached hydrogen (secondary N) is 3. The molecule has 3 aromatic carbocycles. The first-order valence-electron chi connectivity index (χ1n) is 11.3. The van der Waals surface area contributed by atoms with Crippen LogP contribution in [0, 0.1) is 0 Å². The summed E-state index contributed by atoms with van der Waals surface area (Å²) in [6.07, 6.45) is 4.09. The maximum atomic E-state index is 12.5. The van der Waals surface area contributed by atoms with E-state index in [9.17, 15) is 14.4 Å². The van der Waals surface area contributed by atoms with Crippen molar-refractivity contribution in [3.63, 3.8) is 0 Å². The minimum atomic E-state index is -0.352. The van der Waals surface area contributed by atoms with E-state index in [0.717, 1.165) is 34.4 Å². The lowest BCUT2D eigenvalue weighted by molar-refractivity contribution is -0.122. The summed E-state index contributed by atoms with van der Waals surface area (Å²) in [5.41, 5.74) is 5.89. The Balaban J connectivity index is 1.15. The summed E-state index contributed by atoms with van der Waals surface area (Å²) < 4.78 is 0. The number of hydrogen-bond donors (Lipinski definition) is 3. The van der Waals surface area contributed by atoms with Crippen LogP contribution >= 0.6 is 0 Å². The first kappa shape index (κ1) is 22.9. The summed E-state index contributed by atoms with van der Waals surface area (Å²) in [5.74, 6) is -0.807. The predicted molar refractivity (Wildman–Crippen MR) is 132 cm³/mol. The molecule has 4 rings (SSSR count). The van der Waals surface area contributed by atoms with Crippen molar-refractivity contribution in [3.8, 4) is 0 Å². The summed E-state index contributed by atoms with van der Waals surface area (Å²) in [7, 11) is 0. The van der Waals surface area contributed by atoms with Gasteiger partial charge < -0.3 is 5.32 Å². The van der Waals surface area contributed by atoms with E-state index in [0.29, 0.717) is 24.2 Å². The van der Waals surface area contributed by atoms with Crippen molar-refractivity contribution < 1.29 is 14.4 Å².